The van der Waals surface area contributed by atoms with E-state index in [9.17, 15) is 14.7 Å². The van der Waals surface area contributed by atoms with Gasteiger partial charge in [-0.05, 0) is 118 Å². The number of aliphatic hydroxyl groups is 1. The Labute approximate surface area is 272 Å². The summed E-state index contributed by atoms with van der Waals surface area (Å²) in [7, 11) is 2.13. The van der Waals surface area contributed by atoms with E-state index < -0.39 is 0 Å². The van der Waals surface area contributed by atoms with Crippen molar-refractivity contribution in [1.82, 2.24) is 10.2 Å². The van der Waals surface area contributed by atoms with Crippen LogP contribution in [0.5, 0.6) is 0 Å². The number of nitrogens with zero attached hydrogens (tertiary/aromatic N) is 3. The van der Waals surface area contributed by atoms with E-state index in [1.165, 1.54) is 25.3 Å². The molecule has 7 rings (SSSR count). The van der Waals surface area contributed by atoms with Crippen molar-refractivity contribution in [3.05, 3.63) is 40.2 Å². The monoisotopic (exact) mass is 632 g/mol. The Bertz CT molecular complexity index is 1530. The minimum Gasteiger partial charge on any atom is -0.423 e. The Morgan fingerprint density at radius 2 is 1.89 bits per heavy atom. The van der Waals surface area contributed by atoms with Gasteiger partial charge in [-0.1, -0.05) is 19.0 Å². The van der Waals surface area contributed by atoms with Crippen LogP contribution in [0.25, 0.3) is 11.0 Å². The zero-order chi connectivity index (χ0) is 32.1. The van der Waals surface area contributed by atoms with Crippen molar-refractivity contribution in [2.75, 3.05) is 51.3 Å². The number of rotatable bonds is 7. The molecule has 1 amide bonds. The maximum atomic E-state index is 12.7. The smallest absolute Gasteiger partial charge is 0.336 e. The third-order valence-electron chi connectivity index (χ3n) is 13.1. The Balaban J connectivity index is 0.923. The highest BCUT2D eigenvalue weighted by atomic mass is 16.6. The fourth-order valence-electron chi connectivity index (χ4n) is 10.4. The first-order valence-corrected chi connectivity index (χ1v) is 17.8. The first kappa shape index (κ1) is 31.7. The first-order chi connectivity index (χ1) is 22.1. The van der Waals surface area contributed by atoms with Crippen LogP contribution >= 0.6 is 0 Å². The molecule has 1 aliphatic heterocycles. The van der Waals surface area contributed by atoms with Crippen molar-refractivity contribution in [3.63, 3.8) is 0 Å². The zero-order valence-electron chi connectivity index (χ0n) is 27.9. The minimum atomic E-state index is -0.374. The van der Waals surface area contributed by atoms with Crippen LogP contribution in [-0.2, 0) is 16.1 Å². The third kappa shape index (κ3) is 5.87. The van der Waals surface area contributed by atoms with Crippen LogP contribution < -0.4 is 15.8 Å². The summed E-state index contributed by atoms with van der Waals surface area (Å²) in [6.45, 7) is 9.10. The third-order valence-corrected chi connectivity index (χ3v) is 13.1. The summed E-state index contributed by atoms with van der Waals surface area (Å²) in [4.78, 5) is 35.4. The number of hydrogen-bond acceptors (Lipinski definition) is 8. The van der Waals surface area contributed by atoms with Gasteiger partial charge in [0.15, 0.2) is 6.61 Å². The second-order valence-electron chi connectivity index (χ2n) is 15.6. The SMILES string of the molecule is CN1CCN(c2ccc3c(CCNC(=O)CO/N=C4/CC[C@H]5[C@@H]6CC[C@H]7C[C@H](O)CC[C@]7(C)[C@H]6CC[C@]45C)cc(=O)oc3c2)CC1. The van der Waals surface area contributed by atoms with Crippen LogP contribution in [0.3, 0.4) is 0 Å². The Morgan fingerprint density at radius 1 is 1.07 bits per heavy atom. The lowest BCUT2D eigenvalue weighted by atomic mass is 9.45. The highest BCUT2D eigenvalue weighted by Gasteiger charge is 2.59. The average Bonchev–Trinajstić information content (AvgIpc) is 3.37. The highest BCUT2D eigenvalue weighted by molar-refractivity contribution is 5.92. The standard InChI is InChI=1S/C37H52N4O5/c1-36-13-10-27(42)21-25(36)4-6-29-30-8-9-33(37(30,2)14-11-31(29)36)39-45-23-34(43)38-15-12-24-20-35(44)46-32-22-26(5-7-28(24)32)41-18-16-40(3)17-19-41/h5,7,20,22,25,27,29-31,42H,4,6,8-19,21,23H2,1-3H3,(H,38,43)/b39-33-/t25-,27+,29-,30-,31-,36-,37-/m0/s1. The minimum absolute atomic E-state index is 0.0503. The molecular weight excluding hydrogens is 580 g/mol. The summed E-state index contributed by atoms with van der Waals surface area (Å²) in [5.41, 5.74) is 3.69. The lowest BCUT2D eigenvalue weighted by molar-refractivity contribution is -0.125. The summed E-state index contributed by atoms with van der Waals surface area (Å²) in [5, 5.41) is 18.8. The maximum absolute atomic E-state index is 12.7. The number of benzene rings is 1. The van der Waals surface area contributed by atoms with E-state index in [2.05, 4.69) is 47.2 Å². The molecule has 4 aliphatic carbocycles. The Hall–Kier alpha value is -2.91. The number of aliphatic hydroxyl groups excluding tert-OH is 1. The molecule has 7 atom stereocenters. The van der Waals surface area contributed by atoms with Gasteiger partial charge in [0.2, 0.25) is 0 Å². The van der Waals surface area contributed by atoms with Crippen molar-refractivity contribution in [2.24, 2.45) is 39.7 Å². The van der Waals surface area contributed by atoms with Crippen molar-refractivity contribution >= 4 is 28.3 Å². The van der Waals surface area contributed by atoms with Gasteiger partial charge in [0.05, 0.1) is 11.8 Å². The number of anilines is 1. The summed E-state index contributed by atoms with van der Waals surface area (Å²) < 4.78 is 5.57. The predicted octanol–water partition coefficient (Wildman–Crippen LogP) is 4.98. The molecule has 0 radical (unpaired) electrons. The zero-order valence-corrected chi connectivity index (χ0v) is 27.9. The molecule has 5 aliphatic rings. The van der Waals surface area contributed by atoms with Crippen LogP contribution in [0.1, 0.15) is 77.2 Å². The van der Waals surface area contributed by atoms with Gasteiger partial charge in [-0.2, -0.15) is 0 Å². The lowest BCUT2D eigenvalue weighted by Gasteiger charge is -2.60. The van der Waals surface area contributed by atoms with Gasteiger partial charge >= 0.3 is 5.63 Å². The summed E-state index contributed by atoms with van der Waals surface area (Å²) in [5.74, 6) is 2.55. The van der Waals surface area contributed by atoms with Gasteiger partial charge in [-0.25, -0.2) is 4.79 Å². The van der Waals surface area contributed by atoms with Crippen LogP contribution in [0.2, 0.25) is 0 Å². The second-order valence-corrected chi connectivity index (χ2v) is 15.6. The molecule has 4 saturated carbocycles. The lowest BCUT2D eigenvalue weighted by Crippen LogP contribution is -2.54. The van der Waals surface area contributed by atoms with E-state index >= 15 is 0 Å². The summed E-state index contributed by atoms with van der Waals surface area (Å²) >= 11 is 0. The van der Waals surface area contributed by atoms with Gasteiger partial charge in [0, 0.05) is 61.3 Å². The number of oxime groups is 1. The van der Waals surface area contributed by atoms with Crippen LogP contribution in [0.4, 0.5) is 5.69 Å². The fourth-order valence-corrected chi connectivity index (χ4v) is 10.4. The normalized spacial score (nSPS) is 35.4. The summed E-state index contributed by atoms with van der Waals surface area (Å²) in [6.07, 6.45) is 10.5. The number of piperazine rings is 1. The van der Waals surface area contributed by atoms with Gasteiger partial charge in [-0.15, -0.1) is 0 Å². The molecule has 2 aromatic rings. The Morgan fingerprint density at radius 3 is 2.72 bits per heavy atom. The largest absolute Gasteiger partial charge is 0.423 e. The summed E-state index contributed by atoms with van der Waals surface area (Å²) in [6, 6.07) is 7.61. The first-order valence-electron chi connectivity index (χ1n) is 17.8. The van der Waals surface area contributed by atoms with E-state index in [1.807, 2.05) is 12.1 Å². The molecule has 1 saturated heterocycles. The van der Waals surface area contributed by atoms with Gasteiger partial charge in [-0.3, -0.25) is 4.79 Å². The molecule has 1 aromatic carbocycles. The molecule has 250 valence electrons. The second kappa shape index (κ2) is 12.6. The highest BCUT2D eigenvalue weighted by Crippen LogP contribution is 2.65. The topological polar surface area (TPSA) is 108 Å². The van der Waals surface area contributed by atoms with E-state index in [0.717, 1.165) is 98.9 Å². The number of nitrogens with one attached hydrogen (secondary N) is 1. The fraction of sp³-hybridized carbons (Fsp3) is 0.703. The quantitative estimate of drug-likeness (QED) is 0.328. The van der Waals surface area contributed by atoms with Crippen LogP contribution in [0.15, 0.2) is 38.6 Å². The van der Waals surface area contributed by atoms with E-state index in [0.29, 0.717) is 35.8 Å². The van der Waals surface area contributed by atoms with Crippen molar-refractivity contribution in [1.29, 1.82) is 0 Å². The molecule has 1 aromatic heterocycles. The number of amides is 1. The number of carbonyl (C=O) groups excluding carboxylic acids is 1. The molecular formula is C37H52N4O5. The molecule has 2 heterocycles. The van der Waals surface area contributed by atoms with Crippen LogP contribution in [0, 0.1) is 34.5 Å². The number of likely N-dealkylation sites (N-methyl/N-ethyl adjacent to an activating group) is 1. The van der Waals surface area contributed by atoms with E-state index in [1.54, 1.807) is 0 Å². The predicted molar refractivity (Wildman–Crippen MR) is 180 cm³/mol. The van der Waals surface area contributed by atoms with Crippen LogP contribution in [-0.4, -0.2) is 74.1 Å². The van der Waals surface area contributed by atoms with Gasteiger partial charge in [0.1, 0.15) is 5.58 Å². The molecule has 46 heavy (non-hydrogen) atoms. The number of carbonyl (C=O) groups is 1. The molecule has 0 bridgehead atoms. The number of fused-ring (bicyclic) bond motifs is 6. The Kier molecular flexibility index (Phi) is 8.68. The van der Waals surface area contributed by atoms with Crippen molar-refractivity contribution < 1.29 is 19.2 Å². The van der Waals surface area contributed by atoms with Crippen molar-refractivity contribution in [3.8, 4) is 0 Å². The number of hydrogen-bond donors (Lipinski definition) is 2. The molecule has 2 N–H and O–H groups in total. The maximum Gasteiger partial charge on any atom is 0.336 e. The molecule has 0 unspecified atom stereocenters. The van der Waals surface area contributed by atoms with Gasteiger partial charge in [0.25, 0.3) is 5.91 Å². The van der Waals surface area contributed by atoms with Crippen molar-refractivity contribution in [2.45, 2.75) is 84.2 Å². The van der Waals surface area contributed by atoms with Gasteiger partial charge < -0.3 is 29.5 Å². The molecule has 9 nitrogen and oxygen atoms in total. The molecule has 0 spiro atoms. The molecule has 9 heteroatoms. The average molecular weight is 633 g/mol. The molecule has 5 fully saturated rings. The van der Waals surface area contributed by atoms with E-state index in [-0.39, 0.29) is 29.7 Å². The van der Waals surface area contributed by atoms with E-state index in [4.69, 9.17) is 9.25 Å².